The van der Waals surface area contributed by atoms with Gasteiger partial charge in [-0.3, -0.25) is 4.79 Å². The van der Waals surface area contributed by atoms with E-state index in [1.807, 2.05) is 4.90 Å². The first-order chi connectivity index (χ1) is 8.15. The molecule has 0 aliphatic carbocycles. The van der Waals surface area contributed by atoms with Gasteiger partial charge in [0.15, 0.2) is 5.69 Å². The molecule has 1 aromatic heterocycles. The number of piperidine rings is 1. The first-order valence-electron chi connectivity index (χ1n) is 6.05. The lowest BCUT2D eigenvalue weighted by molar-refractivity contribution is 0.0589. The monoisotopic (exact) mass is 254 g/mol. The van der Waals surface area contributed by atoms with Crippen molar-refractivity contribution in [2.24, 2.45) is 0 Å². The fourth-order valence-corrected chi connectivity index (χ4v) is 3.45. The van der Waals surface area contributed by atoms with Gasteiger partial charge in [0, 0.05) is 23.5 Å². The van der Waals surface area contributed by atoms with E-state index in [-0.39, 0.29) is 11.3 Å². The van der Waals surface area contributed by atoms with Crippen LogP contribution in [-0.2, 0) is 0 Å². The molecule has 17 heavy (non-hydrogen) atoms. The zero-order valence-electron chi connectivity index (χ0n) is 9.73. The van der Waals surface area contributed by atoms with Gasteiger partial charge in [-0.15, -0.1) is 11.6 Å². The maximum atomic E-state index is 12.3. The van der Waals surface area contributed by atoms with E-state index in [4.69, 9.17) is 16.1 Å². The van der Waals surface area contributed by atoms with Crippen LogP contribution in [-0.4, -0.2) is 33.4 Å². The summed E-state index contributed by atoms with van der Waals surface area (Å²) in [4.78, 5) is 14.3. The van der Waals surface area contributed by atoms with Crippen molar-refractivity contribution in [3.05, 3.63) is 17.5 Å². The van der Waals surface area contributed by atoms with Crippen LogP contribution in [0.4, 0.5) is 0 Å². The Balaban J connectivity index is 1.83. The van der Waals surface area contributed by atoms with Crippen molar-refractivity contribution in [2.75, 3.05) is 0 Å². The predicted molar refractivity (Wildman–Crippen MR) is 63.1 cm³/mol. The molecular formula is C12H15ClN2O2. The van der Waals surface area contributed by atoms with E-state index in [1.165, 1.54) is 0 Å². The number of rotatable bonds is 1. The van der Waals surface area contributed by atoms with Crippen molar-refractivity contribution in [3.63, 3.8) is 0 Å². The van der Waals surface area contributed by atoms with Gasteiger partial charge in [0.1, 0.15) is 5.76 Å². The van der Waals surface area contributed by atoms with Crippen LogP contribution >= 0.6 is 11.6 Å². The lowest BCUT2D eigenvalue weighted by Crippen LogP contribution is -2.47. The van der Waals surface area contributed by atoms with Gasteiger partial charge < -0.3 is 9.42 Å². The van der Waals surface area contributed by atoms with Crippen LogP contribution in [0.1, 0.15) is 41.9 Å². The minimum atomic E-state index is -0.00193. The second kappa shape index (κ2) is 4.02. The minimum Gasteiger partial charge on any atom is -0.361 e. The van der Waals surface area contributed by atoms with Crippen LogP contribution in [0.3, 0.4) is 0 Å². The van der Waals surface area contributed by atoms with Crippen LogP contribution in [0, 0.1) is 6.92 Å². The number of amides is 1. The molecule has 2 unspecified atom stereocenters. The number of carbonyl (C=O) groups is 1. The van der Waals surface area contributed by atoms with E-state index in [0.717, 1.165) is 25.7 Å². The van der Waals surface area contributed by atoms with Crippen molar-refractivity contribution >= 4 is 17.5 Å². The second-order valence-corrected chi connectivity index (χ2v) is 5.61. The van der Waals surface area contributed by atoms with E-state index in [0.29, 0.717) is 23.5 Å². The summed E-state index contributed by atoms with van der Waals surface area (Å²) in [6, 6.07) is 2.29. The Labute approximate surface area is 105 Å². The Hall–Kier alpha value is -1.03. The van der Waals surface area contributed by atoms with E-state index < -0.39 is 0 Å². The number of aryl methyl sites for hydroxylation is 1. The van der Waals surface area contributed by atoms with Gasteiger partial charge >= 0.3 is 0 Å². The van der Waals surface area contributed by atoms with Crippen LogP contribution < -0.4 is 0 Å². The van der Waals surface area contributed by atoms with Gasteiger partial charge in [0.2, 0.25) is 0 Å². The van der Waals surface area contributed by atoms with Gasteiger partial charge in [-0.1, -0.05) is 5.16 Å². The molecule has 2 saturated heterocycles. The molecule has 1 amide bonds. The summed E-state index contributed by atoms with van der Waals surface area (Å²) >= 11 is 6.19. The van der Waals surface area contributed by atoms with Crippen molar-refractivity contribution in [2.45, 2.75) is 50.1 Å². The van der Waals surface area contributed by atoms with Gasteiger partial charge in [0.25, 0.3) is 5.91 Å². The molecule has 5 heteroatoms. The van der Waals surface area contributed by atoms with Crippen LogP contribution in [0.2, 0.25) is 0 Å². The van der Waals surface area contributed by atoms with Gasteiger partial charge in [-0.2, -0.15) is 0 Å². The smallest absolute Gasteiger partial charge is 0.276 e. The maximum absolute atomic E-state index is 12.3. The minimum absolute atomic E-state index is 0.00193. The number of carbonyl (C=O) groups excluding carboxylic acids is 1. The summed E-state index contributed by atoms with van der Waals surface area (Å²) in [7, 11) is 0. The molecule has 0 N–H and O–H groups in total. The number of halogens is 1. The van der Waals surface area contributed by atoms with Crippen molar-refractivity contribution in [3.8, 4) is 0 Å². The number of hydrogen-bond donors (Lipinski definition) is 0. The molecule has 1 aromatic rings. The molecule has 4 nitrogen and oxygen atoms in total. The van der Waals surface area contributed by atoms with E-state index in [1.54, 1.807) is 13.0 Å². The third-order valence-corrected chi connectivity index (χ3v) is 4.11. The molecule has 0 aromatic carbocycles. The highest BCUT2D eigenvalue weighted by molar-refractivity contribution is 6.20. The number of fused-ring (bicyclic) bond motifs is 2. The molecule has 2 fully saturated rings. The first-order valence-corrected chi connectivity index (χ1v) is 6.49. The molecular weight excluding hydrogens is 240 g/mol. The van der Waals surface area contributed by atoms with Crippen LogP contribution in [0.5, 0.6) is 0 Å². The number of nitrogens with zero attached hydrogens (tertiary/aromatic N) is 2. The standard InChI is InChI=1S/C12H15ClN2O2/c1-7-4-11(14-17-7)12(16)15-9-2-3-10(15)6-8(13)5-9/h4,8-10H,2-3,5-6H2,1H3. The molecule has 2 aliphatic heterocycles. The summed E-state index contributed by atoms with van der Waals surface area (Å²) in [6.07, 6.45) is 3.94. The number of hydrogen-bond acceptors (Lipinski definition) is 3. The molecule has 0 radical (unpaired) electrons. The summed E-state index contributed by atoms with van der Waals surface area (Å²) in [5, 5.41) is 4.03. The van der Waals surface area contributed by atoms with Gasteiger partial charge in [0.05, 0.1) is 0 Å². The van der Waals surface area contributed by atoms with Crippen LogP contribution in [0.15, 0.2) is 10.6 Å². The average molecular weight is 255 g/mol. The Morgan fingerprint density at radius 1 is 1.47 bits per heavy atom. The largest absolute Gasteiger partial charge is 0.361 e. The maximum Gasteiger partial charge on any atom is 0.276 e. The van der Waals surface area contributed by atoms with Gasteiger partial charge in [-0.25, -0.2) is 0 Å². The molecule has 0 saturated carbocycles. The molecule has 2 bridgehead atoms. The topological polar surface area (TPSA) is 46.3 Å². The summed E-state index contributed by atoms with van der Waals surface area (Å²) < 4.78 is 4.96. The lowest BCUT2D eigenvalue weighted by Gasteiger charge is -2.36. The second-order valence-electron chi connectivity index (χ2n) is 4.99. The molecule has 92 valence electrons. The van der Waals surface area contributed by atoms with E-state index in [9.17, 15) is 4.79 Å². The third-order valence-electron chi connectivity index (χ3n) is 3.76. The number of aromatic nitrogens is 1. The zero-order valence-corrected chi connectivity index (χ0v) is 10.5. The highest BCUT2D eigenvalue weighted by Gasteiger charge is 2.43. The Bertz CT molecular complexity index is 431. The fourth-order valence-electron chi connectivity index (χ4n) is 3.04. The van der Waals surface area contributed by atoms with Crippen LogP contribution in [0.25, 0.3) is 0 Å². The summed E-state index contributed by atoms with van der Waals surface area (Å²) in [5.74, 6) is 0.672. The van der Waals surface area contributed by atoms with Gasteiger partial charge in [-0.05, 0) is 32.6 Å². The Kier molecular flexibility index (Phi) is 2.62. The molecule has 2 atom stereocenters. The van der Waals surface area contributed by atoms with Crippen molar-refractivity contribution < 1.29 is 9.32 Å². The molecule has 2 aliphatic rings. The SMILES string of the molecule is Cc1cc(C(=O)N2C3CCC2CC(Cl)C3)no1. The quantitative estimate of drug-likeness (QED) is 0.723. The highest BCUT2D eigenvalue weighted by Crippen LogP contribution is 2.38. The fraction of sp³-hybridized carbons (Fsp3) is 0.667. The average Bonchev–Trinajstić information content (AvgIpc) is 2.81. The zero-order chi connectivity index (χ0) is 12.0. The summed E-state index contributed by atoms with van der Waals surface area (Å²) in [6.45, 7) is 1.80. The Morgan fingerprint density at radius 3 is 2.65 bits per heavy atom. The highest BCUT2D eigenvalue weighted by atomic mass is 35.5. The predicted octanol–water partition coefficient (Wildman–Crippen LogP) is 2.36. The number of alkyl halides is 1. The Morgan fingerprint density at radius 2 is 2.12 bits per heavy atom. The van der Waals surface area contributed by atoms with E-state index >= 15 is 0 Å². The normalized spacial score (nSPS) is 31.9. The first kappa shape index (κ1) is 11.1. The lowest BCUT2D eigenvalue weighted by atomic mass is 10.0. The summed E-state index contributed by atoms with van der Waals surface area (Å²) in [5.41, 5.74) is 0.424. The molecule has 0 spiro atoms. The van der Waals surface area contributed by atoms with E-state index in [2.05, 4.69) is 5.16 Å². The third kappa shape index (κ3) is 1.84. The van der Waals surface area contributed by atoms with Crippen molar-refractivity contribution in [1.29, 1.82) is 0 Å². The molecule has 3 heterocycles. The molecule has 3 rings (SSSR count). The van der Waals surface area contributed by atoms with Crippen molar-refractivity contribution in [1.82, 2.24) is 10.1 Å².